The molecule has 2 N–H and O–H groups in total. The third-order valence-corrected chi connectivity index (χ3v) is 4.02. The minimum absolute atomic E-state index is 0.114. The highest BCUT2D eigenvalue weighted by Crippen LogP contribution is 2.14. The molecule has 1 rings (SSSR count). The van der Waals surface area contributed by atoms with Crippen molar-refractivity contribution in [1.29, 1.82) is 0 Å². The molecule has 1 aromatic rings. The van der Waals surface area contributed by atoms with Crippen LogP contribution in [0.25, 0.3) is 0 Å². The molecule has 23 heavy (non-hydrogen) atoms. The first-order chi connectivity index (χ1) is 11.2. The Kier molecular flexibility index (Phi) is 10.1. The molecule has 0 aliphatic carbocycles. The number of nitrogens with zero attached hydrogens (tertiary/aromatic N) is 1. The molecule has 0 unspecified atom stereocenters. The van der Waals surface area contributed by atoms with Crippen molar-refractivity contribution in [1.82, 2.24) is 10.2 Å². The molecule has 130 valence electrons. The quantitative estimate of drug-likeness (QED) is 0.639. The van der Waals surface area contributed by atoms with Crippen LogP contribution in [0.3, 0.4) is 0 Å². The monoisotopic (exact) mass is 319 g/mol. The average molecular weight is 319 g/mol. The van der Waals surface area contributed by atoms with Crippen molar-refractivity contribution in [3.05, 3.63) is 29.8 Å². The van der Waals surface area contributed by atoms with Crippen molar-refractivity contribution in [3.8, 4) is 0 Å². The lowest BCUT2D eigenvalue weighted by molar-refractivity contribution is 0.242. The van der Waals surface area contributed by atoms with Crippen LogP contribution in [0.15, 0.2) is 24.3 Å². The van der Waals surface area contributed by atoms with Crippen molar-refractivity contribution in [3.63, 3.8) is 0 Å². The van der Waals surface area contributed by atoms with Crippen molar-refractivity contribution < 1.29 is 4.79 Å². The highest BCUT2D eigenvalue weighted by atomic mass is 16.2. The van der Waals surface area contributed by atoms with E-state index in [1.807, 2.05) is 24.3 Å². The van der Waals surface area contributed by atoms with Gasteiger partial charge in [0.2, 0.25) is 0 Å². The summed E-state index contributed by atoms with van der Waals surface area (Å²) in [6.07, 6.45) is 5.78. The van der Waals surface area contributed by atoms with Gasteiger partial charge in [-0.3, -0.25) is 0 Å². The summed E-state index contributed by atoms with van der Waals surface area (Å²) in [6.45, 7) is 10.4. The van der Waals surface area contributed by atoms with E-state index in [9.17, 15) is 4.79 Å². The molecule has 0 bridgehead atoms. The predicted molar refractivity (Wildman–Crippen MR) is 99.1 cm³/mol. The third kappa shape index (κ3) is 8.03. The Morgan fingerprint density at radius 2 is 1.65 bits per heavy atom. The van der Waals surface area contributed by atoms with E-state index in [0.717, 1.165) is 37.3 Å². The van der Waals surface area contributed by atoms with Crippen molar-refractivity contribution in [2.24, 2.45) is 0 Å². The van der Waals surface area contributed by atoms with Gasteiger partial charge in [0, 0.05) is 18.8 Å². The first kappa shape index (κ1) is 19.5. The molecular formula is C19H33N3O. The molecule has 0 atom stereocenters. The summed E-state index contributed by atoms with van der Waals surface area (Å²) in [5.41, 5.74) is 2.07. The predicted octanol–water partition coefficient (Wildman–Crippen LogP) is 4.27. The maximum Gasteiger partial charge on any atom is 0.319 e. The lowest BCUT2D eigenvalue weighted by atomic mass is 10.1. The topological polar surface area (TPSA) is 44.4 Å². The van der Waals surface area contributed by atoms with Gasteiger partial charge in [0.15, 0.2) is 0 Å². The number of hydrogen-bond donors (Lipinski definition) is 2. The second-order valence-electron chi connectivity index (χ2n) is 5.94. The molecule has 0 saturated carbocycles. The number of anilines is 1. The SMILES string of the molecule is CCCCN(CCCC)CCNC(=O)Nc1ccccc1CC. The van der Waals surface area contributed by atoms with E-state index in [1.165, 1.54) is 25.7 Å². The Hall–Kier alpha value is -1.55. The van der Waals surface area contributed by atoms with Gasteiger partial charge in [-0.2, -0.15) is 0 Å². The second-order valence-corrected chi connectivity index (χ2v) is 5.94. The van der Waals surface area contributed by atoms with E-state index in [1.54, 1.807) is 0 Å². The molecule has 0 aliphatic heterocycles. The maximum atomic E-state index is 12.0. The molecule has 0 radical (unpaired) electrons. The smallest absolute Gasteiger partial charge is 0.319 e. The van der Waals surface area contributed by atoms with Crippen LogP contribution in [-0.2, 0) is 6.42 Å². The molecule has 0 fully saturated rings. The van der Waals surface area contributed by atoms with E-state index in [-0.39, 0.29) is 6.03 Å². The number of urea groups is 1. The highest BCUT2D eigenvalue weighted by Gasteiger charge is 2.07. The largest absolute Gasteiger partial charge is 0.337 e. The van der Waals surface area contributed by atoms with Gasteiger partial charge in [-0.1, -0.05) is 51.8 Å². The minimum atomic E-state index is -0.114. The summed E-state index contributed by atoms with van der Waals surface area (Å²) in [5, 5.41) is 5.93. The summed E-state index contributed by atoms with van der Waals surface area (Å²) in [5.74, 6) is 0. The molecule has 0 aliphatic rings. The van der Waals surface area contributed by atoms with Gasteiger partial charge in [0.05, 0.1) is 0 Å². The van der Waals surface area contributed by atoms with E-state index in [4.69, 9.17) is 0 Å². The Labute approximate surface area is 141 Å². The Morgan fingerprint density at radius 1 is 1.00 bits per heavy atom. The molecule has 4 heteroatoms. The van der Waals surface area contributed by atoms with Crippen LogP contribution in [0.2, 0.25) is 0 Å². The molecule has 0 heterocycles. The Balaban J connectivity index is 2.36. The number of rotatable bonds is 11. The zero-order valence-corrected chi connectivity index (χ0v) is 15.0. The summed E-state index contributed by atoms with van der Waals surface area (Å²) in [7, 11) is 0. The summed E-state index contributed by atoms with van der Waals surface area (Å²) in [6, 6.07) is 7.84. The zero-order chi connectivity index (χ0) is 16.9. The van der Waals surface area contributed by atoms with Gasteiger partial charge in [-0.05, 0) is 44.0 Å². The molecule has 4 nitrogen and oxygen atoms in total. The van der Waals surface area contributed by atoms with Crippen LogP contribution in [-0.4, -0.2) is 37.1 Å². The lowest BCUT2D eigenvalue weighted by Crippen LogP contribution is -2.38. The van der Waals surface area contributed by atoms with Gasteiger partial charge in [0.25, 0.3) is 0 Å². The van der Waals surface area contributed by atoms with Crippen LogP contribution in [0.1, 0.15) is 52.0 Å². The molecular weight excluding hydrogens is 286 g/mol. The average Bonchev–Trinajstić information content (AvgIpc) is 2.57. The number of unbranched alkanes of at least 4 members (excludes halogenated alkanes) is 2. The fraction of sp³-hybridized carbons (Fsp3) is 0.632. The summed E-state index contributed by atoms with van der Waals surface area (Å²) < 4.78 is 0. The lowest BCUT2D eigenvalue weighted by Gasteiger charge is -2.22. The summed E-state index contributed by atoms with van der Waals surface area (Å²) >= 11 is 0. The maximum absolute atomic E-state index is 12.0. The van der Waals surface area contributed by atoms with Crippen molar-refractivity contribution in [2.75, 3.05) is 31.5 Å². The van der Waals surface area contributed by atoms with Gasteiger partial charge in [-0.25, -0.2) is 4.79 Å². The van der Waals surface area contributed by atoms with Crippen LogP contribution in [0.5, 0.6) is 0 Å². The van der Waals surface area contributed by atoms with E-state index >= 15 is 0 Å². The van der Waals surface area contributed by atoms with Crippen molar-refractivity contribution >= 4 is 11.7 Å². The highest BCUT2D eigenvalue weighted by molar-refractivity contribution is 5.90. The normalized spacial score (nSPS) is 10.8. The fourth-order valence-electron chi connectivity index (χ4n) is 2.54. The number of carbonyl (C=O) groups is 1. The van der Waals surface area contributed by atoms with E-state index in [2.05, 4.69) is 36.3 Å². The fourth-order valence-corrected chi connectivity index (χ4v) is 2.54. The van der Waals surface area contributed by atoms with Gasteiger partial charge in [0.1, 0.15) is 0 Å². The molecule has 0 aromatic heterocycles. The number of amides is 2. The number of carbonyl (C=O) groups excluding carboxylic acids is 1. The number of aryl methyl sites for hydroxylation is 1. The summed E-state index contributed by atoms with van der Waals surface area (Å²) in [4.78, 5) is 14.5. The second kappa shape index (κ2) is 11.9. The number of hydrogen-bond acceptors (Lipinski definition) is 2. The standard InChI is InChI=1S/C19H33N3O/c1-4-7-14-22(15-8-5-2)16-13-20-19(23)21-18-12-10-9-11-17(18)6-3/h9-12H,4-8,13-16H2,1-3H3,(H2,20,21,23). The third-order valence-electron chi connectivity index (χ3n) is 4.02. The first-order valence-corrected chi connectivity index (χ1v) is 9.06. The number of nitrogens with one attached hydrogen (secondary N) is 2. The van der Waals surface area contributed by atoms with E-state index < -0.39 is 0 Å². The van der Waals surface area contributed by atoms with Gasteiger partial charge < -0.3 is 15.5 Å². The molecule has 0 saturated heterocycles. The number of benzene rings is 1. The van der Waals surface area contributed by atoms with Crippen LogP contribution >= 0.6 is 0 Å². The number of para-hydroxylation sites is 1. The minimum Gasteiger partial charge on any atom is -0.337 e. The zero-order valence-electron chi connectivity index (χ0n) is 15.0. The molecule has 0 spiro atoms. The Morgan fingerprint density at radius 3 is 2.26 bits per heavy atom. The van der Waals surface area contributed by atoms with Gasteiger partial charge in [-0.15, -0.1) is 0 Å². The molecule has 2 amide bonds. The van der Waals surface area contributed by atoms with Crippen LogP contribution < -0.4 is 10.6 Å². The van der Waals surface area contributed by atoms with Crippen LogP contribution in [0.4, 0.5) is 10.5 Å². The molecule has 1 aromatic carbocycles. The van der Waals surface area contributed by atoms with Crippen molar-refractivity contribution in [2.45, 2.75) is 52.9 Å². The van der Waals surface area contributed by atoms with E-state index in [0.29, 0.717) is 6.54 Å². The van der Waals surface area contributed by atoms with Crippen LogP contribution in [0, 0.1) is 0 Å². The van der Waals surface area contributed by atoms with Gasteiger partial charge >= 0.3 is 6.03 Å². The first-order valence-electron chi connectivity index (χ1n) is 9.06. The Bertz CT molecular complexity index is 440.